The highest BCUT2D eigenvalue weighted by Crippen LogP contribution is 2.15. The third-order valence-electron chi connectivity index (χ3n) is 2.54. The summed E-state index contributed by atoms with van der Waals surface area (Å²) in [6, 6.07) is 7.28. The number of amides is 1. The minimum Gasteiger partial charge on any atom is -0.399 e. The van der Waals surface area contributed by atoms with Crippen LogP contribution in [0.3, 0.4) is 0 Å². The number of anilines is 1. The van der Waals surface area contributed by atoms with Crippen molar-refractivity contribution in [3.63, 3.8) is 0 Å². The highest BCUT2D eigenvalue weighted by atomic mass is 32.1. The predicted molar refractivity (Wildman–Crippen MR) is 73.2 cm³/mol. The van der Waals surface area contributed by atoms with Gasteiger partial charge in [-0.15, -0.1) is 11.3 Å². The number of rotatable bonds is 4. The highest BCUT2D eigenvalue weighted by molar-refractivity contribution is 7.09. The van der Waals surface area contributed by atoms with Gasteiger partial charge in [0, 0.05) is 17.3 Å². The summed E-state index contributed by atoms with van der Waals surface area (Å²) in [6.07, 6.45) is 2.10. The van der Waals surface area contributed by atoms with Gasteiger partial charge in [-0.05, 0) is 24.6 Å². The zero-order valence-electron chi connectivity index (χ0n) is 10.1. The number of benzene rings is 1. The van der Waals surface area contributed by atoms with Crippen LogP contribution in [0.2, 0.25) is 0 Å². The summed E-state index contributed by atoms with van der Waals surface area (Å²) in [7, 11) is 0. The molecule has 0 aliphatic heterocycles. The molecule has 0 saturated carbocycles. The first-order valence-electron chi connectivity index (χ1n) is 5.68. The molecule has 0 aliphatic carbocycles. The van der Waals surface area contributed by atoms with Crippen LogP contribution in [0.5, 0.6) is 0 Å². The van der Waals surface area contributed by atoms with Crippen molar-refractivity contribution < 1.29 is 4.79 Å². The number of thiazole rings is 1. The molecule has 1 aromatic heterocycles. The summed E-state index contributed by atoms with van der Waals surface area (Å²) in [6.45, 7) is 1.93. The van der Waals surface area contributed by atoms with E-state index in [4.69, 9.17) is 5.73 Å². The molecule has 0 bridgehead atoms. The van der Waals surface area contributed by atoms with Gasteiger partial charge in [0.2, 0.25) is 5.91 Å². The van der Waals surface area contributed by atoms with E-state index in [1.54, 1.807) is 18.3 Å². The molecule has 1 amide bonds. The van der Waals surface area contributed by atoms with Gasteiger partial charge in [0.05, 0.1) is 12.5 Å². The fourth-order valence-electron chi connectivity index (χ4n) is 1.62. The zero-order valence-corrected chi connectivity index (χ0v) is 10.9. The molecular weight excluding hydrogens is 246 g/mol. The monoisotopic (exact) mass is 261 g/mol. The second kappa shape index (κ2) is 5.64. The van der Waals surface area contributed by atoms with Gasteiger partial charge >= 0.3 is 0 Å². The normalized spacial score (nSPS) is 12.1. The predicted octanol–water partition coefficient (Wildman–Crippen LogP) is 2.15. The maximum Gasteiger partial charge on any atom is 0.224 e. The maximum atomic E-state index is 11.8. The van der Waals surface area contributed by atoms with Crippen LogP contribution in [-0.2, 0) is 11.2 Å². The van der Waals surface area contributed by atoms with Crippen molar-refractivity contribution >= 4 is 22.9 Å². The molecule has 5 heteroatoms. The number of hydrogen-bond donors (Lipinski definition) is 2. The van der Waals surface area contributed by atoms with Gasteiger partial charge in [-0.2, -0.15) is 0 Å². The van der Waals surface area contributed by atoms with E-state index in [1.165, 1.54) is 11.3 Å². The molecular formula is C13H15N3OS. The molecule has 0 spiro atoms. The van der Waals surface area contributed by atoms with Gasteiger partial charge in [-0.25, -0.2) is 4.98 Å². The molecule has 1 heterocycles. The van der Waals surface area contributed by atoms with Gasteiger partial charge in [0.25, 0.3) is 0 Å². The lowest BCUT2D eigenvalue weighted by atomic mass is 10.1. The SMILES string of the molecule is CC(NC(=O)Cc1ccc(N)cc1)c1nccs1. The molecule has 2 rings (SSSR count). The first-order valence-corrected chi connectivity index (χ1v) is 6.56. The van der Waals surface area contributed by atoms with Crippen molar-refractivity contribution in [1.82, 2.24) is 10.3 Å². The lowest BCUT2D eigenvalue weighted by Gasteiger charge is -2.11. The van der Waals surface area contributed by atoms with Gasteiger partial charge in [0.1, 0.15) is 5.01 Å². The van der Waals surface area contributed by atoms with Crippen molar-refractivity contribution in [2.75, 3.05) is 5.73 Å². The number of hydrogen-bond acceptors (Lipinski definition) is 4. The Labute approximate surface area is 110 Å². The first kappa shape index (κ1) is 12.6. The Bertz CT molecular complexity index is 508. The summed E-state index contributed by atoms with van der Waals surface area (Å²) < 4.78 is 0. The van der Waals surface area contributed by atoms with E-state index in [0.717, 1.165) is 10.6 Å². The molecule has 1 aromatic carbocycles. The fraction of sp³-hybridized carbons (Fsp3) is 0.231. The van der Waals surface area contributed by atoms with Crippen molar-refractivity contribution in [2.24, 2.45) is 0 Å². The standard InChI is InChI=1S/C13H15N3OS/c1-9(13-15-6-7-18-13)16-12(17)8-10-2-4-11(14)5-3-10/h2-7,9H,8,14H2,1H3,(H,16,17). The smallest absolute Gasteiger partial charge is 0.224 e. The van der Waals surface area contributed by atoms with Gasteiger partial charge < -0.3 is 11.1 Å². The summed E-state index contributed by atoms with van der Waals surface area (Å²) >= 11 is 1.54. The molecule has 0 aliphatic rings. The van der Waals surface area contributed by atoms with E-state index in [2.05, 4.69) is 10.3 Å². The van der Waals surface area contributed by atoms with Crippen molar-refractivity contribution in [1.29, 1.82) is 0 Å². The van der Waals surface area contributed by atoms with Gasteiger partial charge in [0.15, 0.2) is 0 Å². The van der Waals surface area contributed by atoms with E-state index < -0.39 is 0 Å². The first-order chi connectivity index (χ1) is 8.65. The molecule has 94 valence electrons. The lowest BCUT2D eigenvalue weighted by Crippen LogP contribution is -2.28. The second-order valence-electron chi connectivity index (χ2n) is 4.08. The molecule has 3 N–H and O–H groups in total. The van der Waals surface area contributed by atoms with Crippen LogP contribution < -0.4 is 11.1 Å². The Hall–Kier alpha value is -1.88. The molecule has 4 nitrogen and oxygen atoms in total. The molecule has 1 atom stereocenters. The summed E-state index contributed by atoms with van der Waals surface area (Å²) in [5.74, 6) is -0.0116. The van der Waals surface area contributed by atoms with Gasteiger partial charge in [-0.1, -0.05) is 12.1 Å². The molecule has 0 saturated heterocycles. The van der Waals surface area contributed by atoms with Crippen LogP contribution in [0, 0.1) is 0 Å². The zero-order chi connectivity index (χ0) is 13.0. The van der Waals surface area contributed by atoms with Crippen LogP contribution in [-0.4, -0.2) is 10.9 Å². The largest absolute Gasteiger partial charge is 0.399 e. The van der Waals surface area contributed by atoms with Crippen LogP contribution in [0.4, 0.5) is 5.69 Å². The summed E-state index contributed by atoms with van der Waals surface area (Å²) in [5.41, 5.74) is 7.25. The van der Waals surface area contributed by atoms with Crippen molar-refractivity contribution in [2.45, 2.75) is 19.4 Å². The van der Waals surface area contributed by atoms with Crippen LogP contribution in [0.15, 0.2) is 35.8 Å². The van der Waals surface area contributed by atoms with Crippen molar-refractivity contribution in [3.8, 4) is 0 Å². The average Bonchev–Trinajstić information content (AvgIpc) is 2.85. The number of nitrogens with zero attached hydrogens (tertiary/aromatic N) is 1. The number of aromatic nitrogens is 1. The maximum absolute atomic E-state index is 11.8. The Kier molecular flexibility index (Phi) is 3.94. The van der Waals surface area contributed by atoms with E-state index in [9.17, 15) is 4.79 Å². The molecule has 0 radical (unpaired) electrons. The topological polar surface area (TPSA) is 68.0 Å². The third-order valence-corrected chi connectivity index (χ3v) is 3.50. The third kappa shape index (κ3) is 3.30. The molecule has 18 heavy (non-hydrogen) atoms. The Balaban J connectivity index is 1.91. The van der Waals surface area contributed by atoms with Crippen LogP contribution >= 0.6 is 11.3 Å². The number of nitrogen functional groups attached to an aromatic ring is 1. The van der Waals surface area contributed by atoms with Gasteiger partial charge in [-0.3, -0.25) is 4.79 Å². The highest BCUT2D eigenvalue weighted by Gasteiger charge is 2.11. The van der Waals surface area contributed by atoms with E-state index >= 15 is 0 Å². The molecule has 1 unspecified atom stereocenters. The number of nitrogens with two attached hydrogens (primary N) is 1. The second-order valence-corrected chi connectivity index (χ2v) is 5.00. The minimum absolute atomic E-state index is 0.0116. The quantitative estimate of drug-likeness (QED) is 0.829. The minimum atomic E-state index is -0.0497. The fourth-order valence-corrected chi connectivity index (χ4v) is 2.27. The molecule has 0 fully saturated rings. The number of carbonyl (C=O) groups is 1. The lowest BCUT2D eigenvalue weighted by molar-refractivity contribution is -0.121. The average molecular weight is 261 g/mol. The summed E-state index contributed by atoms with van der Waals surface area (Å²) in [4.78, 5) is 16.0. The summed E-state index contributed by atoms with van der Waals surface area (Å²) in [5, 5.41) is 5.74. The Morgan fingerprint density at radius 3 is 2.78 bits per heavy atom. The Morgan fingerprint density at radius 2 is 2.17 bits per heavy atom. The van der Waals surface area contributed by atoms with E-state index in [0.29, 0.717) is 12.1 Å². The molecule has 2 aromatic rings. The Morgan fingerprint density at radius 1 is 1.44 bits per heavy atom. The van der Waals surface area contributed by atoms with Crippen LogP contribution in [0.25, 0.3) is 0 Å². The van der Waals surface area contributed by atoms with E-state index in [1.807, 2.05) is 24.4 Å². The van der Waals surface area contributed by atoms with Crippen LogP contribution in [0.1, 0.15) is 23.5 Å². The number of nitrogens with one attached hydrogen (secondary N) is 1. The van der Waals surface area contributed by atoms with Crippen molar-refractivity contribution in [3.05, 3.63) is 46.4 Å². The number of carbonyl (C=O) groups excluding carboxylic acids is 1. The van der Waals surface area contributed by atoms with E-state index in [-0.39, 0.29) is 11.9 Å².